The van der Waals surface area contributed by atoms with Gasteiger partial charge in [0.2, 0.25) is 0 Å². The van der Waals surface area contributed by atoms with Crippen molar-refractivity contribution in [1.82, 2.24) is 9.97 Å². The molecule has 2 aromatic heterocycles. The van der Waals surface area contributed by atoms with Crippen molar-refractivity contribution >= 4 is 27.8 Å². The molecule has 2 N–H and O–H groups in total. The van der Waals surface area contributed by atoms with Crippen molar-refractivity contribution < 1.29 is 14.6 Å². The normalized spacial score (nSPS) is 11.5. The standard InChI is InChI=1S/C17H18N2O3/c1-4-11-15-12-7-10(20)5-6-13(12)19-14(15)8-18-16(11)17(21)22-9(2)3/h5-9,19-20H,4H2,1-3H3. The second-order valence-electron chi connectivity index (χ2n) is 5.54. The molecular weight excluding hydrogens is 280 g/mol. The summed E-state index contributed by atoms with van der Waals surface area (Å²) in [6.45, 7) is 5.60. The first-order valence-corrected chi connectivity index (χ1v) is 7.34. The van der Waals surface area contributed by atoms with Crippen LogP contribution in [0.3, 0.4) is 0 Å². The van der Waals surface area contributed by atoms with Gasteiger partial charge in [0.05, 0.1) is 17.8 Å². The lowest BCUT2D eigenvalue weighted by Crippen LogP contribution is -2.15. The molecule has 22 heavy (non-hydrogen) atoms. The summed E-state index contributed by atoms with van der Waals surface area (Å²) in [7, 11) is 0. The summed E-state index contributed by atoms with van der Waals surface area (Å²) in [4.78, 5) is 19.8. The Morgan fingerprint density at radius 1 is 1.36 bits per heavy atom. The quantitative estimate of drug-likeness (QED) is 0.725. The Hall–Kier alpha value is -2.56. The Balaban J connectivity index is 2.30. The van der Waals surface area contributed by atoms with E-state index in [1.807, 2.05) is 26.8 Å². The molecule has 0 spiro atoms. The Labute approximate surface area is 127 Å². The summed E-state index contributed by atoms with van der Waals surface area (Å²) in [6.07, 6.45) is 2.10. The Kier molecular flexibility index (Phi) is 3.48. The lowest BCUT2D eigenvalue weighted by molar-refractivity contribution is 0.0370. The highest BCUT2D eigenvalue weighted by Gasteiger charge is 2.20. The van der Waals surface area contributed by atoms with Crippen LogP contribution in [0.4, 0.5) is 0 Å². The van der Waals surface area contributed by atoms with E-state index in [4.69, 9.17) is 4.74 Å². The average Bonchev–Trinajstić information content (AvgIpc) is 2.83. The number of aromatic amines is 1. The monoisotopic (exact) mass is 298 g/mol. The Bertz CT molecular complexity index is 865. The van der Waals surface area contributed by atoms with Gasteiger partial charge in [0.15, 0.2) is 5.69 Å². The number of phenols is 1. The number of hydrogen-bond donors (Lipinski definition) is 2. The van der Waals surface area contributed by atoms with Crippen LogP contribution in [0.5, 0.6) is 5.75 Å². The number of phenolic OH excluding ortho intramolecular Hbond substituents is 1. The lowest BCUT2D eigenvalue weighted by atomic mass is 10.0. The van der Waals surface area contributed by atoms with E-state index in [1.165, 1.54) is 0 Å². The molecule has 3 rings (SSSR count). The number of carbonyl (C=O) groups is 1. The zero-order valence-corrected chi connectivity index (χ0v) is 12.8. The van der Waals surface area contributed by atoms with Crippen LogP contribution < -0.4 is 0 Å². The molecule has 0 atom stereocenters. The van der Waals surface area contributed by atoms with Crippen LogP contribution in [-0.2, 0) is 11.2 Å². The zero-order chi connectivity index (χ0) is 15.9. The second-order valence-corrected chi connectivity index (χ2v) is 5.54. The molecule has 0 aliphatic rings. The molecule has 0 radical (unpaired) electrons. The first-order chi connectivity index (χ1) is 10.5. The maximum Gasteiger partial charge on any atom is 0.357 e. The summed E-state index contributed by atoms with van der Waals surface area (Å²) in [5, 5.41) is 11.5. The van der Waals surface area contributed by atoms with Crippen molar-refractivity contribution in [3.8, 4) is 5.75 Å². The number of nitrogens with zero attached hydrogens (tertiary/aromatic N) is 1. The summed E-state index contributed by atoms with van der Waals surface area (Å²) in [5.41, 5.74) is 2.92. The lowest BCUT2D eigenvalue weighted by Gasteiger charge is -2.11. The third kappa shape index (κ3) is 2.28. The van der Waals surface area contributed by atoms with E-state index in [0.717, 1.165) is 27.4 Å². The number of H-pyrrole nitrogens is 1. The molecule has 0 bridgehead atoms. The van der Waals surface area contributed by atoms with Gasteiger partial charge in [0.1, 0.15) is 5.75 Å². The second kappa shape index (κ2) is 5.33. The van der Waals surface area contributed by atoms with Crippen LogP contribution in [0.15, 0.2) is 24.4 Å². The molecule has 0 saturated heterocycles. The highest BCUT2D eigenvalue weighted by atomic mass is 16.5. The van der Waals surface area contributed by atoms with Gasteiger partial charge in [-0.3, -0.25) is 0 Å². The van der Waals surface area contributed by atoms with Crippen LogP contribution in [-0.4, -0.2) is 27.1 Å². The number of aromatic hydroxyl groups is 1. The fourth-order valence-electron chi connectivity index (χ4n) is 2.74. The van der Waals surface area contributed by atoms with Gasteiger partial charge in [0.25, 0.3) is 0 Å². The third-order valence-electron chi connectivity index (χ3n) is 3.61. The minimum atomic E-state index is -0.414. The topological polar surface area (TPSA) is 75.2 Å². The molecule has 1 aromatic carbocycles. The van der Waals surface area contributed by atoms with E-state index >= 15 is 0 Å². The summed E-state index contributed by atoms with van der Waals surface area (Å²) >= 11 is 0. The number of pyridine rings is 1. The molecule has 0 fully saturated rings. The Morgan fingerprint density at radius 3 is 2.82 bits per heavy atom. The number of fused-ring (bicyclic) bond motifs is 3. The Morgan fingerprint density at radius 2 is 2.14 bits per heavy atom. The van der Waals surface area contributed by atoms with Gasteiger partial charge in [-0.15, -0.1) is 0 Å². The zero-order valence-electron chi connectivity index (χ0n) is 12.8. The SMILES string of the molecule is CCc1c(C(=O)OC(C)C)ncc2[nH]c3ccc(O)cc3c12. The van der Waals surface area contributed by atoms with Crippen LogP contribution >= 0.6 is 0 Å². The minimum Gasteiger partial charge on any atom is -0.508 e. The van der Waals surface area contributed by atoms with Crippen LogP contribution in [0.1, 0.15) is 36.8 Å². The molecule has 0 saturated carbocycles. The number of ether oxygens (including phenoxy) is 1. The van der Waals surface area contributed by atoms with Crippen molar-refractivity contribution in [1.29, 1.82) is 0 Å². The van der Waals surface area contributed by atoms with Crippen LogP contribution in [0.2, 0.25) is 0 Å². The average molecular weight is 298 g/mol. The first kappa shape index (κ1) is 14.4. The summed E-state index contributed by atoms with van der Waals surface area (Å²) in [5.74, 6) is -0.221. The number of aryl methyl sites for hydroxylation is 1. The van der Waals surface area contributed by atoms with E-state index in [2.05, 4.69) is 9.97 Å². The highest BCUT2D eigenvalue weighted by Crippen LogP contribution is 2.32. The van der Waals surface area contributed by atoms with Gasteiger partial charge in [-0.1, -0.05) is 6.92 Å². The molecule has 3 aromatic rings. The largest absolute Gasteiger partial charge is 0.508 e. The van der Waals surface area contributed by atoms with Gasteiger partial charge in [-0.05, 0) is 44.0 Å². The third-order valence-corrected chi connectivity index (χ3v) is 3.61. The van der Waals surface area contributed by atoms with Gasteiger partial charge in [-0.25, -0.2) is 9.78 Å². The minimum absolute atomic E-state index is 0.193. The van der Waals surface area contributed by atoms with Gasteiger partial charge < -0.3 is 14.8 Å². The van der Waals surface area contributed by atoms with E-state index in [0.29, 0.717) is 12.1 Å². The fourth-order valence-corrected chi connectivity index (χ4v) is 2.74. The van der Waals surface area contributed by atoms with E-state index < -0.39 is 5.97 Å². The van der Waals surface area contributed by atoms with Gasteiger partial charge in [0, 0.05) is 16.3 Å². The van der Waals surface area contributed by atoms with Crippen LogP contribution in [0, 0.1) is 0 Å². The number of aromatic nitrogens is 2. The van der Waals surface area contributed by atoms with Gasteiger partial charge >= 0.3 is 5.97 Å². The van der Waals surface area contributed by atoms with Crippen molar-refractivity contribution in [2.75, 3.05) is 0 Å². The van der Waals surface area contributed by atoms with Crippen molar-refractivity contribution in [2.24, 2.45) is 0 Å². The molecular formula is C17H18N2O3. The van der Waals surface area contributed by atoms with E-state index in [9.17, 15) is 9.90 Å². The molecule has 114 valence electrons. The summed E-state index contributed by atoms with van der Waals surface area (Å²) in [6, 6.07) is 5.14. The summed E-state index contributed by atoms with van der Waals surface area (Å²) < 4.78 is 5.28. The maximum absolute atomic E-state index is 12.3. The smallest absolute Gasteiger partial charge is 0.357 e. The van der Waals surface area contributed by atoms with Crippen molar-refractivity contribution in [2.45, 2.75) is 33.3 Å². The maximum atomic E-state index is 12.3. The molecule has 0 aliphatic heterocycles. The number of benzene rings is 1. The molecule has 2 heterocycles. The molecule has 5 nitrogen and oxygen atoms in total. The van der Waals surface area contributed by atoms with Crippen LogP contribution in [0.25, 0.3) is 21.8 Å². The predicted octanol–water partition coefficient (Wildman–Crippen LogP) is 3.55. The van der Waals surface area contributed by atoms with Crippen molar-refractivity contribution in [3.05, 3.63) is 35.7 Å². The number of rotatable bonds is 3. The molecule has 0 amide bonds. The molecule has 0 unspecified atom stereocenters. The number of nitrogens with one attached hydrogen (secondary N) is 1. The van der Waals surface area contributed by atoms with E-state index in [-0.39, 0.29) is 11.9 Å². The predicted molar refractivity (Wildman–Crippen MR) is 85.2 cm³/mol. The first-order valence-electron chi connectivity index (χ1n) is 7.34. The number of esters is 1. The fraction of sp³-hybridized carbons (Fsp3) is 0.294. The van der Waals surface area contributed by atoms with E-state index in [1.54, 1.807) is 18.3 Å². The molecule has 0 aliphatic carbocycles. The number of carbonyl (C=O) groups excluding carboxylic acids is 1. The number of hydrogen-bond acceptors (Lipinski definition) is 4. The highest BCUT2D eigenvalue weighted by molar-refractivity contribution is 6.11. The molecule has 5 heteroatoms. The van der Waals surface area contributed by atoms with Crippen molar-refractivity contribution in [3.63, 3.8) is 0 Å². The van der Waals surface area contributed by atoms with Gasteiger partial charge in [-0.2, -0.15) is 0 Å².